The standard InChI is InChI=1S/C22H17Cl2N3O2/c1-28-14-8-10-20(29-2)19(12-14)26-22-16-5-3-4-6-18(16)25-21(27-22)15-9-7-13(23)11-17(15)24/h3-12H,1-2H3,(H,25,26,27). The molecule has 0 bridgehead atoms. The molecule has 3 aromatic carbocycles. The number of ether oxygens (including phenoxy) is 2. The Hall–Kier alpha value is -3.02. The van der Waals surface area contributed by atoms with Gasteiger partial charge in [0.05, 0.1) is 30.4 Å². The molecule has 0 atom stereocenters. The highest BCUT2D eigenvalue weighted by atomic mass is 35.5. The van der Waals surface area contributed by atoms with Crippen LogP contribution in [0.2, 0.25) is 10.0 Å². The molecule has 1 heterocycles. The molecule has 0 aliphatic heterocycles. The van der Waals surface area contributed by atoms with Gasteiger partial charge in [-0.05, 0) is 42.5 Å². The van der Waals surface area contributed by atoms with Crippen LogP contribution in [-0.4, -0.2) is 24.2 Å². The Labute approximate surface area is 178 Å². The van der Waals surface area contributed by atoms with Gasteiger partial charge < -0.3 is 14.8 Å². The fourth-order valence-electron chi connectivity index (χ4n) is 3.00. The average molecular weight is 426 g/mol. The lowest BCUT2D eigenvalue weighted by atomic mass is 10.1. The normalized spacial score (nSPS) is 10.8. The lowest BCUT2D eigenvalue weighted by Crippen LogP contribution is -2.01. The molecule has 0 unspecified atom stereocenters. The summed E-state index contributed by atoms with van der Waals surface area (Å²) in [6.45, 7) is 0. The quantitative estimate of drug-likeness (QED) is 0.402. The Bertz CT molecular complexity index is 1200. The molecule has 5 nitrogen and oxygen atoms in total. The van der Waals surface area contributed by atoms with Crippen molar-refractivity contribution in [2.24, 2.45) is 0 Å². The van der Waals surface area contributed by atoms with Gasteiger partial charge in [0.25, 0.3) is 0 Å². The van der Waals surface area contributed by atoms with Crippen LogP contribution in [0.3, 0.4) is 0 Å². The molecule has 0 radical (unpaired) electrons. The average Bonchev–Trinajstić information content (AvgIpc) is 2.73. The summed E-state index contributed by atoms with van der Waals surface area (Å²) < 4.78 is 10.8. The van der Waals surface area contributed by atoms with Gasteiger partial charge in [0.15, 0.2) is 5.82 Å². The van der Waals surface area contributed by atoms with Crippen molar-refractivity contribution in [1.82, 2.24) is 9.97 Å². The van der Waals surface area contributed by atoms with E-state index in [4.69, 9.17) is 37.7 Å². The van der Waals surface area contributed by atoms with Gasteiger partial charge >= 0.3 is 0 Å². The molecule has 1 aromatic heterocycles. The van der Waals surface area contributed by atoms with Crippen molar-refractivity contribution >= 4 is 45.6 Å². The lowest BCUT2D eigenvalue weighted by Gasteiger charge is -2.15. The highest BCUT2D eigenvalue weighted by Gasteiger charge is 2.14. The van der Waals surface area contributed by atoms with Gasteiger partial charge in [0.2, 0.25) is 0 Å². The fraction of sp³-hybridized carbons (Fsp3) is 0.0909. The Morgan fingerprint density at radius 2 is 1.69 bits per heavy atom. The predicted octanol–water partition coefficient (Wildman–Crippen LogP) is 6.36. The smallest absolute Gasteiger partial charge is 0.163 e. The number of halogens is 2. The van der Waals surface area contributed by atoms with Crippen molar-refractivity contribution in [3.63, 3.8) is 0 Å². The maximum Gasteiger partial charge on any atom is 0.163 e. The van der Waals surface area contributed by atoms with Crippen molar-refractivity contribution in [3.8, 4) is 22.9 Å². The number of methoxy groups -OCH3 is 2. The van der Waals surface area contributed by atoms with Crippen LogP contribution in [0.4, 0.5) is 11.5 Å². The second-order valence-electron chi connectivity index (χ2n) is 6.23. The van der Waals surface area contributed by atoms with Gasteiger partial charge in [-0.2, -0.15) is 0 Å². The molecule has 1 N–H and O–H groups in total. The number of fused-ring (bicyclic) bond motifs is 1. The van der Waals surface area contributed by atoms with E-state index in [2.05, 4.69) is 10.3 Å². The van der Waals surface area contributed by atoms with Crippen LogP contribution in [0.25, 0.3) is 22.3 Å². The van der Waals surface area contributed by atoms with Crippen LogP contribution < -0.4 is 14.8 Å². The van der Waals surface area contributed by atoms with Crippen LogP contribution in [0.5, 0.6) is 11.5 Å². The zero-order chi connectivity index (χ0) is 20.4. The zero-order valence-corrected chi connectivity index (χ0v) is 17.3. The van der Waals surface area contributed by atoms with Gasteiger partial charge in [-0.3, -0.25) is 0 Å². The Morgan fingerprint density at radius 3 is 2.45 bits per heavy atom. The number of nitrogens with zero attached hydrogens (tertiary/aromatic N) is 2. The molecular formula is C22H17Cl2N3O2. The van der Waals surface area contributed by atoms with E-state index in [-0.39, 0.29) is 0 Å². The molecule has 4 aromatic rings. The van der Waals surface area contributed by atoms with Crippen LogP contribution in [0, 0.1) is 0 Å². The SMILES string of the molecule is COc1ccc(OC)c(Nc2nc(-c3ccc(Cl)cc3Cl)nc3ccccc23)c1. The Balaban J connectivity index is 1.88. The molecule has 0 saturated carbocycles. The molecule has 0 saturated heterocycles. The van der Waals surface area contributed by atoms with E-state index >= 15 is 0 Å². The number of rotatable bonds is 5. The summed E-state index contributed by atoms with van der Waals surface area (Å²) >= 11 is 12.4. The highest BCUT2D eigenvalue weighted by molar-refractivity contribution is 6.36. The first kappa shape index (κ1) is 19.3. The molecule has 0 aliphatic carbocycles. The lowest BCUT2D eigenvalue weighted by molar-refractivity contribution is 0.405. The summed E-state index contributed by atoms with van der Waals surface area (Å²) in [7, 11) is 3.23. The van der Waals surface area contributed by atoms with Crippen molar-refractivity contribution < 1.29 is 9.47 Å². The topological polar surface area (TPSA) is 56.3 Å². The Morgan fingerprint density at radius 1 is 0.862 bits per heavy atom. The molecule has 4 rings (SSSR count). The van der Waals surface area contributed by atoms with Gasteiger partial charge in [-0.1, -0.05) is 35.3 Å². The first-order chi connectivity index (χ1) is 14.1. The minimum absolute atomic E-state index is 0.484. The summed E-state index contributed by atoms with van der Waals surface area (Å²) in [5.41, 5.74) is 2.21. The second kappa shape index (κ2) is 8.15. The van der Waals surface area contributed by atoms with E-state index in [0.717, 1.165) is 16.6 Å². The number of anilines is 2. The van der Waals surface area contributed by atoms with Gasteiger partial charge in [-0.15, -0.1) is 0 Å². The molecular weight excluding hydrogens is 409 g/mol. The van der Waals surface area contributed by atoms with Crippen molar-refractivity contribution in [1.29, 1.82) is 0 Å². The van der Waals surface area contributed by atoms with Crippen LogP contribution >= 0.6 is 23.2 Å². The summed E-state index contributed by atoms with van der Waals surface area (Å²) in [5.74, 6) is 2.49. The van der Waals surface area contributed by atoms with Crippen LogP contribution in [0.1, 0.15) is 0 Å². The van der Waals surface area contributed by atoms with E-state index in [1.54, 1.807) is 26.4 Å². The summed E-state index contributed by atoms with van der Waals surface area (Å²) in [6, 6.07) is 18.5. The summed E-state index contributed by atoms with van der Waals surface area (Å²) in [4.78, 5) is 9.42. The number of para-hydroxylation sites is 1. The molecule has 0 fully saturated rings. The first-order valence-corrected chi connectivity index (χ1v) is 9.56. The zero-order valence-electron chi connectivity index (χ0n) is 15.7. The highest BCUT2D eigenvalue weighted by Crippen LogP contribution is 2.35. The summed E-state index contributed by atoms with van der Waals surface area (Å²) in [5, 5.41) is 5.26. The van der Waals surface area contributed by atoms with Gasteiger partial charge in [0, 0.05) is 22.0 Å². The van der Waals surface area contributed by atoms with Gasteiger partial charge in [0.1, 0.15) is 17.3 Å². The molecule has 146 valence electrons. The van der Waals surface area contributed by atoms with Crippen molar-refractivity contribution in [3.05, 3.63) is 70.7 Å². The summed E-state index contributed by atoms with van der Waals surface area (Å²) in [6.07, 6.45) is 0. The molecule has 0 amide bonds. The minimum Gasteiger partial charge on any atom is -0.497 e. The monoisotopic (exact) mass is 425 g/mol. The third-order valence-corrected chi connectivity index (χ3v) is 4.98. The molecule has 29 heavy (non-hydrogen) atoms. The van der Waals surface area contributed by atoms with Crippen LogP contribution in [-0.2, 0) is 0 Å². The molecule has 0 spiro atoms. The first-order valence-electron chi connectivity index (χ1n) is 8.80. The molecule has 7 heteroatoms. The van der Waals surface area contributed by atoms with E-state index < -0.39 is 0 Å². The maximum absolute atomic E-state index is 6.39. The maximum atomic E-state index is 6.39. The molecule has 0 aliphatic rings. The number of hydrogen-bond donors (Lipinski definition) is 1. The minimum atomic E-state index is 0.484. The number of nitrogens with one attached hydrogen (secondary N) is 1. The van der Waals surface area contributed by atoms with Crippen LogP contribution in [0.15, 0.2) is 60.7 Å². The van der Waals surface area contributed by atoms with Gasteiger partial charge in [-0.25, -0.2) is 9.97 Å². The number of benzene rings is 3. The Kier molecular flexibility index (Phi) is 5.43. The third kappa shape index (κ3) is 3.92. The van der Waals surface area contributed by atoms with E-state index in [1.165, 1.54) is 0 Å². The van der Waals surface area contributed by atoms with E-state index in [9.17, 15) is 0 Å². The fourth-order valence-corrected chi connectivity index (χ4v) is 3.50. The third-order valence-electron chi connectivity index (χ3n) is 4.43. The number of hydrogen-bond acceptors (Lipinski definition) is 5. The van der Waals surface area contributed by atoms with E-state index in [0.29, 0.717) is 38.8 Å². The predicted molar refractivity (Wildman–Crippen MR) is 118 cm³/mol. The van der Waals surface area contributed by atoms with Crippen molar-refractivity contribution in [2.45, 2.75) is 0 Å². The van der Waals surface area contributed by atoms with E-state index in [1.807, 2.05) is 48.5 Å². The van der Waals surface area contributed by atoms with Crippen molar-refractivity contribution in [2.75, 3.05) is 19.5 Å². The number of aromatic nitrogens is 2. The largest absolute Gasteiger partial charge is 0.497 e. The second-order valence-corrected chi connectivity index (χ2v) is 7.07.